The number of nitrogen functional groups attached to an aromatic ring is 1. The van der Waals surface area contributed by atoms with Crippen molar-refractivity contribution in [3.63, 3.8) is 0 Å². The SMILES string of the molecule is CC1(C)OC(=O)C(CCn2cnc3nc(N)nc(Cl)c32)C(=O)O1.[H-].[K+]. The van der Waals surface area contributed by atoms with Gasteiger partial charge in [0.25, 0.3) is 5.79 Å². The summed E-state index contributed by atoms with van der Waals surface area (Å²) in [6.07, 6.45) is 1.67. The molecule has 0 bridgehead atoms. The molecule has 0 atom stereocenters. The number of ether oxygens (including phenoxy) is 2. The predicted molar refractivity (Wildman–Crippen MR) is 80.2 cm³/mol. The largest absolute Gasteiger partial charge is 1.00 e. The molecular weight excluding hydrogens is 365 g/mol. The van der Waals surface area contributed by atoms with Crippen LogP contribution < -0.4 is 57.1 Å². The third-order valence-electron chi connectivity index (χ3n) is 3.37. The molecule has 2 aromatic rings. The van der Waals surface area contributed by atoms with Gasteiger partial charge in [0, 0.05) is 20.4 Å². The van der Waals surface area contributed by atoms with E-state index in [4.69, 9.17) is 26.8 Å². The van der Waals surface area contributed by atoms with E-state index >= 15 is 0 Å². The number of nitrogens with zero attached hydrogens (tertiary/aromatic N) is 4. The van der Waals surface area contributed by atoms with Crippen molar-refractivity contribution in [3.8, 4) is 0 Å². The first-order valence-electron chi connectivity index (χ1n) is 6.86. The third kappa shape index (κ3) is 3.89. The molecule has 1 saturated heterocycles. The van der Waals surface area contributed by atoms with Crippen molar-refractivity contribution in [2.75, 3.05) is 5.73 Å². The first-order chi connectivity index (χ1) is 10.8. The minimum Gasteiger partial charge on any atom is -1.00 e. The van der Waals surface area contributed by atoms with E-state index in [9.17, 15) is 9.59 Å². The number of carbonyl (C=O) groups excluding carboxylic acids is 2. The first-order valence-corrected chi connectivity index (χ1v) is 7.24. The fourth-order valence-corrected chi connectivity index (χ4v) is 2.65. The molecule has 11 heteroatoms. The van der Waals surface area contributed by atoms with Crippen LogP contribution in [-0.2, 0) is 25.6 Å². The van der Waals surface area contributed by atoms with E-state index in [1.807, 2.05) is 0 Å². The molecule has 24 heavy (non-hydrogen) atoms. The molecule has 2 N–H and O–H groups in total. The summed E-state index contributed by atoms with van der Waals surface area (Å²) < 4.78 is 11.8. The summed E-state index contributed by atoms with van der Waals surface area (Å²) in [5, 5.41) is 0.153. The van der Waals surface area contributed by atoms with Crippen LogP contribution in [0.5, 0.6) is 0 Å². The average molecular weight is 380 g/mol. The van der Waals surface area contributed by atoms with Crippen LogP contribution in [0.4, 0.5) is 5.95 Å². The van der Waals surface area contributed by atoms with Crippen molar-refractivity contribution in [1.29, 1.82) is 0 Å². The Kier molecular flexibility index (Phi) is 5.88. The number of fused-ring (bicyclic) bond motifs is 1. The number of cyclic esters (lactones) is 2. The van der Waals surface area contributed by atoms with Crippen LogP contribution in [0.15, 0.2) is 6.33 Å². The molecule has 1 fully saturated rings. The molecule has 0 amide bonds. The number of halogens is 1. The summed E-state index contributed by atoms with van der Waals surface area (Å²) >= 11 is 6.05. The predicted octanol–water partition coefficient (Wildman–Crippen LogP) is -1.98. The third-order valence-corrected chi connectivity index (χ3v) is 3.63. The van der Waals surface area contributed by atoms with Gasteiger partial charge in [-0.1, -0.05) is 11.6 Å². The fourth-order valence-electron chi connectivity index (χ4n) is 2.37. The Morgan fingerprint density at radius 3 is 2.58 bits per heavy atom. The van der Waals surface area contributed by atoms with E-state index in [1.165, 1.54) is 20.2 Å². The van der Waals surface area contributed by atoms with E-state index in [1.54, 1.807) is 4.57 Å². The zero-order valence-corrected chi connectivity index (χ0v) is 17.3. The summed E-state index contributed by atoms with van der Waals surface area (Å²) in [5.74, 6) is -3.42. The zero-order chi connectivity index (χ0) is 16.8. The van der Waals surface area contributed by atoms with Gasteiger partial charge in [-0.25, -0.2) is 4.98 Å². The maximum atomic E-state index is 11.9. The molecule has 124 valence electrons. The number of rotatable bonds is 3. The average Bonchev–Trinajstić information content (AvgIpc) is 2.79. The Morgan fingerprint density at radius 2 is 1.96 bits per heavy atom. The summed E-state index contributed by atoms with van der Waals surface area (Å²) in [6, 6.07) is 0. The first kappa shape index (κ1) is 19.5. The van der Waals surface area contributed by atoms with Crippen molar-refractivity contribution in [2.45, 2.75) is 32.6 Å². The molecule has 0 radical (unpaired) electrons. The number of aryl methyl sites for hydroxylation is 1. The molecule has 9 nitrogen and oxygen atoms in total. The summed E-state index contributed by atoms with van der Waals surface area (Å²) in [7, 11) is 0. The molecule has 2 aromatic heterocycles. The van der Waals surface area contributed by atoms with Crippen molar-refractivity contribution < 1.29 is 71.9 Å². The Morgan fingerprint density at radius 1 is 1.33 bits per heavy atom. The second-order valence-corrected chi connectivity index (χ2v) is 5.92. The number of imidazole rings is 1. The van der Waals surface area contributed by atoms with Gasteiger partial charge in [0.1, 0.15) is 5.52 Å². The smallest absolute Gasteiger partial charge is 1.00 e. The molecule has 3 rings (SSSR count). The fraction of sp³-hybridized carbons (Fsp3) is 0.462. The topological polar surface area (TPSA) is 122 Å². The van der Waals surface area contributed by atoms with Crippen LogP contribution in [0.2, 0.25) is 5.15 Å². The molecule has 0 spiro atoms. The van der Waals surface area contributed by atoms with Gasteiger partial charge in [-0.2, -0.15) is 9.97 Å². The minimum atomic E-state index is -1.24. The Bertz CT molecular complexity index is 795. The minimum absolute atomic E-state index is 0. The van der Waals surface area contributed by atoms with Crippen LogP contribution in [0.25, 0.3) is 11.2 Å². The van der Waals surface area contributed by atoms with Crippen LogP contribution in [0.3, 0.4) is 0 Å². The second kappa shape index (κ2) is 7.22. The molecule has 1 aliphatic rings. The number of nitrogens with two attached hydrogens (primary N) is 1. The van der Waals surface area contributed by atoms with Crippen LogP contribution >= 0.6 is 11.6 Å². The van der Waals surface area contributed by atoms with E-state index in [2.05, 4.69) is 15.0 Å². The normalized spacial score (nSPS) is 17.3. The Balaban J connectivity index is 0.00000156. The number of anilines is 1. The summed E-state index contributed by atoms with van der Waals surface area (Å²) in [5.41, 5.74) is 6.34. The van der Waals surface area contributed by atoms with E-state index in [0.717, 1.165) is 0 Å². The van der Waals surface area contributed by atoms with Gasteiger partial charge in [0.15, 0.2) is 16.7 Å². The number of esters is 2. The van der Waals surface area contributed by atoms with Gasteiger partial charge in [-0.15, -0.1) is 0 Å². The quantitative estimate of drug-likeness (QED) is 0.282. The van der Waals surface area contributed by atoms with Crippen molar-refractivity contribution in [3.05, 3.63) is 11.5 Å². The number of hydrogen-bond donors (Lipinski definition) is 1. The van der Waals surface area contributed by atoms with E-state index in [0.29, 0.717) is 17.7 Å². The molecule has 0 aliphatic carbocycles. The Labute approximate surface area is 186 Å². The number of aromatic nitrogens is 4. The maximum Gasteiger partial charge on any atom is 1.00 e. The molecule has 3 heterocycles. The van der Waals surface area contributed by atoms with Crippen molar-refractivity contribution >= 4 is 40.7 Å². The zero-order valence-electron chi connectivity index (χ0n) is 14.4. The second-order valence-electron chi connectivity index (χ2n) is 5.57. The number of carbonyl (C=O) groups is 2. The van der Waals surface area contributed by atoms with Crippen molar-refractivity contribution in [2.24, 2.45) is 5.92 Å². The van der Waals surface area contributed by atoms with Gasteiger partial charge in [0.05, 0.1) is 6.33 Å². The maximum absolute atomic E-state index is 11.9. The van der Waals surface area contributed by atoms with Crippen LogP contribution in [0, 0.1) is 5.92 Å². The molecular formula is C13H15ClKN5O4. The molecule has 0 aromatic carbocycles. The molecule has 1 aliphatic heterocycles. The van der Waals surface area contributed by atoms with Gasteiger partial charge in [-0.3, -0.25) is 9.59 Å². The van der Waals surface area contributed by atoms with Gasteiger partial charge in [0.2, 0.25) is 5.95 Å². The van der Waals surface area contributed by atoms with Crippen LogP contribution in [0.1, 0.15) is 21.7 Å². The van der Waals surface area contributed by atoms with E-state index in [-0.39, 0.29) is 70.3 Å². The van der Waals surface area contributed by atoms with Crippen LogP contribution in [-0.4, -0.2) is 37.2 Å². The van der Waals surface area contributed by atoms with Crippen molar-refractivity contribution in [1.82, 2.24) is 19.5 Å². The van der Waals surface area contributed by atoms with Gasteiger partial charge in [-0.05, 0) is 6.42 Å². The summed E-state index contributed by atoms with van der Waals surface area (Å²) in [4.78, 5) is 35.8. The number of hydrogen-bond acceptors (Lipinski definition) is 8. The Hall–Kier alpha value is -0.784. The van der Waals surface area contributed by atoms with Gasteiger partial charge < -0.3 is 21.2 Å². The van der Waals surface area contributed by atoms with Gasteiger partial charge >= 0.3 is 63.3 Å². The molecule has 0 saturated carbocycles. The monoisotopic (exact) mass is 379 g/mol. The molecule has 0 unspecified atom stereocenters. The summed E-state index contributed by atoms with van der Waals surface area (Å²) in [6.45, 7) is 3.30. The van der Waals surface area contributed by atoms with E-state index < -0.39 is 23.6 Å². The standard InChI is InChI=1S/C13H14ClN5O4.K.H/c1-13(2)22-10(20)6(11(21)23-13)3-4-19-5-16-9-7(19)8(14)17-12(15)18-9;;/h5-6H,3-4H2,1-2H3,(H2,15,17,18);;/q;+1;-1.